The number of carbonyl (C=O) groups excluding carboxylic acids is 1. The van der Waals surface area contributed by atoms with Crippen molar-refractivity contribution in [2.75, 3.05) is 17.6 Å². The lowest BCUT2D eigenvalue weighted by molar-refractivity contribution is -0.119. The Balaban J connectivity index is 1.89. The van der Waals surface area contributed by atoms with Crippen LogP contribution in [0.5, 0.6) is 0 Å². The molecule has 0 radical (unpaired) electrons. The number of benzene rings is 1. The molecule has 2 rings (SSSR count). The summed E-state index contributed by atoms with van der Waals surface area (Å²) in [5, 5.41) is 6.20. The Labute approximate surface area is 95.2 Å². The van der Waals surface area contributed by atoms with Crippen molar-refractivity contribution in [1.82, 2.24) is 5.32 Å². The maximum absolute atomic E-state index is 11.0. The molecule has 0 aromatic heterocycles. The Morgan fingerprint density at radius 3 is 3.00 bits per heavy atom. The SMILES string of the molecule is Cc1ccc(NCC2CCC(=O)N2)cc1N. The van der Waals surface area contributed by atoms with E-state index in [-0.39, 0.29) is 11.9 Å². The van der Waals surface area contributed by atoms with Gasteiger partial charge in [0.15, 0.2) is 0 Å². The van der Waals surface area contributed by atoms with Gasteiger partial charge in [0.25, 0.3) is 0 Å². The lowest BCUT2D eigenvalue weighted by Gasteiger charge is -2.13. The van der Waals surface area contributed by atoms with Crippen LogP contribution in [-0.4, -0.2) is 18.5 Å². The Morgan fingerprint density at radius 1 is 1.56 bits per heavy atom. The summed E-state index contributed by atoms with van der Waals surface area (Å²) in [7, 11) is 0. The predicted molar refractivity (Wildman–Crippen MR) is 65.2 cm³/mol. The van der Waals surface area contributed by atoms with Gasteiger partial charge in [-0.25, -0.2) is 0 Å². The second-order valence-corrected chi connectivity index (χ2v) is 4.26. The van der Waals surface area contributed by atoms with Crippen LogP contribution in [0.4, 0.5) is 11.4 Å². The number of rotatable bonds is 3. The molecule has 1 aliphatic heterocycles. The van der Waals surface area contributed by atoms with Crippen molar-refractivity contribution in [2.24, 2.45) is 0 Å². The van der Waals surface area contributed by atoms with Gasteiger partial charge in [0.05, 0.1) is 0 Å². The summed E-state index contributed by atoms with van der Waals surface area (Å²) < 4.78 is 0. The molecule has 0 aliphatic carbocycles. The normalized spacial score (nSPS) is 19.6. The van der Waals surface area contributed by atoms with E-state index in [0.717, 1.165) is 29.9 Å². The number of nitrogens with one attached hydrogen (secondary N) is 2. The number of aryl methyl sites for hydroxylation is 1. The highest BCUT2D eigenvalue weighted by Gasteiger charge is 2.19. The lowest BCUT2D eigenvalue weighted by atomic mass is 10.1. The van der Waals surface area contributed by atoms with Gasteiger partial charge in [-0.15, -0.1) is 0 Å². The number of hydrogen-bond donors (Lipinski definition) is 3. The average Bonchev–Trinajstić information content (AvgIpc) is 2.66. The highest BCUT2D eigenvalue weighted by atomic mass is 16.1. The molecule has 86 valence electrons. The first-order valence-electron chi connectivity index (χ1n) is 5.54. The van der Waals surface area contributed by atoms with Gasteiger partial charge in [-0.2, -0.15) is 0 Å². The smallest absolute Gasteiger partial charge is 0.220 e. The number of carbonyl (C=O) groups is 1. The van der Waals surface area contributed by atoms with Crippen LogP contribution in [-0.2, 0) is 4.79 Å². The average molecular weight is 219 g/mol. The molecule has 4 heteroatoms. The fourth-order valence-corrected chi connectivity index (χ4v) is 1.82. The Kier molecular flexibility index (Phi) is 2.99. The molecule has 16 heavy (non-hydrogen) atoms. The monoisotopic (exact) mass is 219 g/mol. The maximum Gasteiger partial charge on any atom is 0.220 e. The highest BCUT2D eigenvalue weighted by molar-refractivity contribution is 5.78. The van der Waals surface area contributed by atoms with Crippen molar-refractivity contribution in [1.29, 1.82) is 0 Å². The summed E-state index contributed by atoms with van der Waals surface area (Å²) in [5.41, 5.74) is 8.70. The van der Waals surface area contributed by atoms with Gasteiger partial charge in [-0.3, -0.25) is 4.79 Å². The summed E-state index contributed by atoms with van der Waals surface area (Å²) in [6.45, 7) is 2.74. The van der Waals surface area contributed by atoms with E-state index in [1.54, 1.807) is 0 Å². The van der Waals surface area contributed by atoms with Crippen LogP contribution in [0, 0.1) is 6.92 Å². The van der Waals surface area contributed by atoms with E-state index in [9.17, 15) is 4.79 Å². The van der Waals surface area contributed by atoms with E-state index in [2.05, 4.69) is 10.6 Å². The standard InChI is InChI=1S/C12H17N3O/c1-8-2-3-9(6-11(8)13)14-7-10-4-5-12(16)15-10/h2-3,6,10,14H,4-5,7,13H2,1H3,(H,15,16). The second-order valence-electron chi connectivity index (χ2n) is 4.26. The summed E-state index contributed by atoms with van der Waals surface area (Å²) >= 11 is 0. The molecule has 1 unspecified atom stereocenters. The molecule has 1 saturated heterocycles. The van der Waals surface area contributed by atoms with Gasteiger partial charge < -0.3 is 16.4 Å². The minimum absolute atomic E-state index is 0.148. The highest BCUT2D eigenvalue weighted by Crippen LogP contribution is 2.17. The van der Waals surface area contributed by atoms with Crippen molar-refractivity contribution in [3.63, 3.8) is 0 Å². The largest absolute Gasteiger partial charge is 0.398 e. The van der Waals surface area contributed by atoms with Crippen LogP contribution in [0.2, 0.25) is 0 Å². The molecule has 0 spiro atoms. The van der Waals surface area contributed by atoms with Crippen molar-refractivity contribution in [3.8, 4) is 0 Å². The van der Waals surface area contributed by atoms with Gasteiger partial charge in [-0.05, 0) is 31.0 Å². The first kappa shape index (κ1) is 10.8. The second kappa shape index (κ2) is 4.43. The van der Waals surface area contributed by atoms with Gasteiger partial charge in [0.1, 0.15) is 0 Å². The molecule has 1 amide bonds. The quantitative estimate of drug-likeness (QED) is 0.671. The molecule has 1 heterocycles. The Morgan fingerprint density at radius 2 is 2.38 bits per heavy atom. The number of hydrogen-bond acceptors (Lipinski definition) is 3. The van der Waals surface area contributed by atoms with Gasteiger partial charge in [0.2, 0.25) is 5.91 Å². The van der Waals surface area contributed by atoms with Crippen LogP contribution < -0.4 is 16.4 Å². The summed E-state index contributed by atoms with van der Waals surface area (Å²) in [6, 6.07) is 6.16. The number of amides is 1. The van der Waals surface area contributed by atoms with Crippen LogP contribution >= 0.6 is 0 Å². The van der Waals surface area contributed by atoms with Gasteiger partial charge in [0, 0.05) is 30.4 Å². The molecular formula is C12H17N3O. The van der Waals surface area contributed by atoms with Crippen molar-refractivity contribution in [3.05, 3.63) is 23.8 Å². The fourth-order valence-electron chi connectivity index (χ4n) is 1.82. The maximum atomic E-state index is 11.0. The van der Waals surface area contributed by atoms with Crippen LogP contribution in [0.1, 0.15) is 18.4 Å². The van der Waals surface area contributed by atoms with Crippen LogP contribution in [0.15, 0.2) is 18.2 Å². The van der Waals surface area contributed by atoms with E-state index < -0.39 is 0 Å². The molecule has 1 aromatic rings. The van der Waals surface area contributed by atoms with E-state index in [1.807, 2.05) is 25.1 Å². The molecule has 1 fully saturated rings. The molecule has 4 N–H and O–H groups in total. The summed E-state index contributed by atoms with van der Waals surface area (Å²) in [4.78, 5) is 11.0. The van der Waals surface area contributed by atoms with Crippen LogP contribution in [0.25, 0.3) is 0 Å². The molecule has 4 nitrogen and oxygen atoms in total. The van der Waals surface area contributed by atoms with E-state index in [0.29, 0.717) is 6.42 Å². The zero-order chi connectivity index (χ0) is 11.5. The molecule has 1 aromatic carbocycles. The zero-order valence-corrected chi connectivity index (χ0v) is 9.42. The molecule has 1 aliphatic rings. The zero-order valence-electron chi connectivity index (χ0n) is 9.42. The summed E-state index contributed by atoms with van der Waals surface area (Å²) in [6.07, 6.45) is 1.55. The predicted octanol–water partition coefficient (Wildman–Crippen LogP) is 1.27. The first-order chi connectivity index (χ1) is 7.65. The lowest BCUT2D eigenvalue weighted by Crippen LogP contribution is -2.31. The summed E-state index contributed by atoms with van der Waals surface area (Å²) in [5.74, 6) is 0.148. The van der Waals surface area contributed by atoms with Gasteiger partial charge >= 0.3 is 0 Å². The van der Waals surface area contributed by atoms with Crippen LogP contribution in [0.3, 0.4) is 0 Å². The first-order valence-corrected chi connectivity index (χ1v) is 5.54. The van der Waals surface area contributed by atoms with Crippen molar-refractivity contribution < 1.29 is 4.79 Å². The Bertz CT molecular complexity index is 403. The third-order valence-corrected chi connectivity index (χ3v) is 2.92. The minimum atomic E-state index is 0.148. The topological polar surface area (TPSA) is 67.2 Å². The van der Waals surface area contributed by atoms with Gasteiger partial charge in [-0.1, -0.05) is 6.07 Å². The number of nitrogens with two attached hydrogens (primary N) is 1. The third-order valence-electron chi connectivity index (χ3n) is 2.92. The fraction of sp³-hybridized carbons (Fsp3) is 0.417. The third kappa shape index (κ3) is 2.45. The molecule has 0 bridgehead atoms. The number of anilines is 2. The number of nitrogen functional groups attached to an aromatic ring is 1. The van der Waals surface area contributed by atoms with E-state index in [1.165, 1.54) is 0 Å². The minimum Gasteiger partial charge on any atom is -0.398 e. The van der Waals surface area contributed by atoms with Crippen molar-refractivity contribution >= 4 is 17.3 Å². The molecule has 1 atom stereocenters. The molecular weight excluding hydrogens is 202 g/mol. The van der Waals surface area contributed by atoms with E-state index in [4.69, 9.17) is 5.73 Å². The Hall–Kier alpha value is -1.71. The van der Waals surface area contributed by atoms with Crippen molar-refractivity contribution in [2.45, 2.75) is 25.8 Å². The van der Waals surface area contributed by atoms with E-state index >= 15 is 0 Å². The molecule has 0 saturated carbocycles.